The largest absolute Gasteiger partial charge is 0.488 e. The van der Waals surface area contributed by atoms with Gasteiger partial charge in [-0.3, -0.25) is 5.43 Å². The van der Waals surface area contributed by atoms with Gasteiger partial charge in [0.1, 0.15) is 12.4 Å². The summed E-state index contributed by atoms with van der Waals surface area (Å²) in [6, 6.07) is 22.4. The summed E-state index contributed by atoms with van der Waals surface area (Å²) in [6.07, 6.45) is 1.71. The number of ether oxygens (including phenoxy) is 1. The third kappa shape index (κ3) is 4.58. The number of nitrogens with one attached hydrogen (secondary N) is 2. The molecule has 0 atom stereocenters. The number of hydrazone groups is 1. The van der Waals surface area contributed by atoms with Crippen molar-refractivity contribution in [2.75, 3.05) is 6.54 Å². The van der Waals surface area contributed by atoms with Crippen molar-refractivity contribution in [3.63, 3.8) is 0 Å². The first-order valence-corrected chi connectivity index (χ1v) is 8.94. The number of benzene rings is 3. The van der Waals surface area contributed by atoms with Gasteiger partial charge < -0.3 is 10.1 Å². The Kier molecular flexibility index (Phi) is 6.17. The smallest absolute Gasteiger partial charge is 0.186 e. The second-order valence-corrected chi connectivity index (χ2v) is 6.10. The number of para-hydroxylation sites is 1. The van der Waals surface area contributed by atoms with Crippen LogP contribution in [0.25, 0.3) is 10.8 Å². The Morgan fingerprint density at radius 2 is 1.81 bits per heavy atom. The zero-order valence-electron chi connectivity index (χ0n) is 14.6. The molecule has 3 aromatic rings. The second-order valence-electron chi connectivity index (χ2n) is 5.69. The lowest BCUT2D eigenvalue weighted by molar-refractivity contribution is 0.307. The van der Waals surface area contributed by atoms with Gasteiger partial charge >= 0.3 is 0 Å². The number of hydrogen-bond acceptors (Lipinski definition) is 3. The van der Waals surface area contributed by atoms with Gasteiger partial charge in [-0.2, -0.15) is 5.10 Å². The van der Waals surface area contributed by atoms with Crippen molar-refractivity contribution in [1.82, 2.24) is 10.7 Å². The maximum atomic E-state index is 6.07. The SMILES string of the molecule is CCNC(=S)NN=Cc1ccccc1OCc1cccc2ccccc12. The van der Waals surface area contributed by atoms with Crippen molar-refractivity contribution in [1.29, 1.82) is 0 Å². The summed E-state index contributed by atoms with van der Waals surface area (Å²) in [5.41, 5.74) is 4.83. The van der Waals surface area contributed by atoms with Crippen LogP contribution in [0.4, 0.5) is 0 Å². The number of thiocarbonyl (C=S) groups is 1. The Morgan fingerprint density at radius 1 is 1.04 bits per heavy atom. The van der Waals surface area contributed by atoms with E-state index in [1.54, 1.807) is 6.21 Å². The molecule has 2 N–H and O–H groups in total. The Bertz CT molecular complexity index is 919. The molecule has 132 valence electrons. The van der Waals surface area contributed by atoms with Gasteiger partial charge in [-0.05, 0) is 47.6 Å². The van der Waals surface area contributed by atoms with Crippen molar-refractivity contribution in [2.24, 2.45) is 5.10 Å². The molecule has 0 saturated carbocycles. The molecule has 0 aliphatic carbocycles. The lowest BCUT2D eigenvalue weighted by atomic mass is 10.1. The van der Waals surface area contributed by atoms with Crippen LogP contribution in [0.15, 0.2) is 71.8 Å². The summed E-state index contributed by atoms with van der Waals surface area (Å²) in [6.45, 7) is 3.23. The summed E-state index contributed by atoms with van der Waals surface area (Å²) < 4.78 is 6.07. The lowest BCUT2D eigenvalue weighted by Gasteiger charge is -2.11. The molecule has 0 radical (unpaired) electrons. The average Bonchev–Trinajstić information content (AvgIpc) is 2.67. The Morgan fingerprint density at radius 3 is 2.69 bits per heavy atom. The van der Waals surface area contributed by atoms with E-state index in [0.29, 0.717) is 11.7 Å². The molecule has 5 heteroatoms. The monoisotopic (exact) mass is 363 g/mol. The van der Waals surface area contributed by atoms with E-state index < -0.39 is 0 Å². The van der Waals surface area contributed by atoms with E-state index in [1.807, 2.05) is 43.3 Å². The van der Waals surface area contributed by atoms with Crippen LogP contribution >= 0.6 is 12.2 Å². The molecule has 0 saturated heterocycles. The molecule has 0 aliphatic rings. The number of rotatable bonds is 6. The summed E-state index contributed by atoms with van der Waals surface area (Å²) >= 11 is 5.09. The molecule has 3 aromatic carbocycles. The van der Waals surface area contributed by atoms with E-state index in [0.717, 1.165) is 23.4 Å². The van der Waals surface area contributed by atoms with Crippen LogP contribution in [0.5, 0.6) is 5.75 Å². The lowest BCUT2D eigenvalue weighted by Crippen LogP contribution is -2.31. The van der Waals surface area contributed by atoms with Gasteiger partial charge in [-0.25, -0.2) is 0 Å². The second kappa shape index (κ2) is 8.97. The fourth-order valence-corrected chi connectivity index (χ4v) is 2.85. The van der Waals surface area contributed by atoms with Crippen molar-refractivity contribution in [2.45, 2.75) is 13.5 Å². The highest BCUT2D eigenvalue weighted by molar-refractivity contribution is 7.80. The van der Waals surface area contributed by atoms with E-state index in [-0.39, 0.29) is 0 Å². The molecule has 0 heterocycles. The third-order valence-corrected chi connectivity index (χ3v) is 4.12. The van der Waals surface area contributed by atoms with Gasteiger partial charge in [-0.1, -0.05) is 54.6 Å². The van der Waals surface area contributed by atoms with Gasteiger partial charge in [0, 0.05) is 12.1 Å². The quantitative estimate of drug-likeness (QED) is 0.391. The molecule has 0 amide bonds. The molecule has 3 rings (SSSR count). The fraction of sp³-hybridized carbons (Fsp3) is 0.143. The Balaban J connectivity index is 1.72. The predicted molar refractivity (Wildman–Crippen MR) is 112 cm³/mol. The van der Waals surface area contributed by atoms with Crippen LogP contribution in [-0.2, 0) is 6.61 Å². The van der Waals surface area contributed by atoms with Crippen LogP contribution in [-0.4, -0.2) is 17.9 Å². The van der Waals surface area contributed by atoms with Crippen molar-refractivity contribution >= 4 is 34.3 Å². The maximum absolute atomic E-state index is 6.07. The van der Waals surface area contributed by atoms with E-state index in [1.165, 1.54) is 10.8 Å². The van der Waals surface area contributed by atoms with Crippen LogP contribution in [0.1, 0.15) is 18.1 Å². The van der Waals surface area contributed by atoms with Crippen LogP contribution < -0.4 is 15.5 Å². The minimum absolute atomic E-state index is 0.495. The molecule has 0 aromatic heterocycles. The maximum Gasteiger partial charge on any atom is 0.186 e. The van der Waals surface area contributed by atoms with E-state index >= 15 is 0 Å². The van der Waals surface area contributed by atoms with Crippen LogP contribution in [0.2, 0.25) is 0 Å². The van der Waals surface area contributed by atoms with E-state index in [9.17, 15) is 0 Å². The van der Waals surface area contributed by atoms with Gasteiger partial charge in [0.2, 0.25) is 0 Å². The minimum Gasteiger partial charge on any atom is -0.488 e. The normalized spacial score (nSPS) is 10.8. The zero-order chi connectivity index (χ0) is 18.2. The van der Waals surface area contributed by atoms with Crippen molar-refractivity contribution in [3.8, 4) is 5.75 Å². The standard InChI is InChI=1S/C21H21N3OS/c1-2-22-21(26)24-23-14-17-9-4-6-13-20(17)25-15-18-11-7-10-16-8-3-5-12-19(16)18/h3-14H,2,15H2,1H3,(H2,22,24,26). The highest BCUT2D eigenvalue weighted by Gasteiger charge is 2.04. The first-order valence-electron chi connectivity index (χ1n) is 8.53. The highest BCUT2D eigenvalue weighted by Crippen LogP contribution is 2.22. The number of hydrogen-bond donors (Lipinski definition) is 2. The van der Waals surface area contributed by atoms with E-state index in [4.69, 9.17) is 17.0 Å². The molecule has 4 nitrogen and oxygen atoms in total. The fourth-order valence-electron chi connectivity index (χ4n) is 2.65. The number of fused-ring (bicyclic) bond motifs is 1. The minimum atomic E-state index is 0.495. The van der Waals surface area contributed by atoms with Gasteiger partial charge in [-0.15, -0.1) is 0 Å². The summed E-state index contributed by atoms with van der Waals surface area (Å²) in [7, 11) is 0. The Hall–Kier alpha value is -2.92. The van der Waals surface area contributed by atoms with Gasteiger partial charge in [0.15, 0.2) is 5.11 Å². The summed E-state index contributed by atoms with van der Waals surface area (Å²) in [5, 5.41) is 10.1. The molecule has 0 spiro atoms. The number of nitrogens with zero attached hydrogens (tertiary/aromatic N) is 1. The third-order valence-electron chi connectivity index (χ3n) is 3.89. The van der Waals surface area contributed by atoms with Crippen LogP contribution in [0, 0.1) is 0 Å². The van der Waals surface area contributed by atoms with Gasteiger partial charge in [0.25, 0.3) is 0 Å². The zero-order valence-corrected chi connectivity index (χ0v) is 15.4. The summed E-state index contributed by atoms with van der Waals surface area (Å²) in [5.74, 6) is 0.778. The Labute approximate surface area is 158 Å². The highest BCUT2D eigenvalue weighted by atomic mass is 32.1. The molecular formula is C21H21N3OS. The molecule has 26 heavy (non-hydrogen) atoms. The molecule has 0 unspecified atom stereocenters. The first kappa shape index (κ1) is 17.9. The summed E-state index contributed by atoms with van der Waals surface area (Å²) in [4.78, 5) is 0. The first-order chi connectivity index (χ1) is 12.8. The van der Waals surface area contributed by atoms with Crippen molar-refractivity contribution in [3.05, 3.63) is 77.9 Å². The molecule has 0 fully saturated rings. The molecule has 0 bridgehead atoms. The molecular weight excluding hydrogens is 342 g/mol. The topological polar surface area (TPSA) is 45.7 Å². The van der Waals surface area contributed by atoms with Crippen molar-refractivity contribution < 1.29 is 4.74 Å². The molecule has 0 aliphatic heterocycles. The predicted octanol–water partition coefficient (Wildman–Crippen LogP) is 4.24. The van der Waals surface area contributed by atoms with Gasteiger partial charge in [0.05, 0.1) is 6.21 Å². The average molecular weight is 363 g/mol. The van der Waals surface area contributed by atoms with Crippen LogP contribution in [0.3, 0.4) is 0 Å². The van der Waals surface area contributed by atoms with E-state index in [2.05, 4.69) is 46.2 Å².